The Bertz CT molecular complexity index is 1090. The molecule has 0 saturated heterocycles. The van der Waals surface area contributed by atoms with Gasteiger partial charge >= 0.3 is 0 Å². The van der Waals surface area contributed by atoms with E-state index in [0.717, 1.165) is 33.8 Å². The number of thiophene rings is 1. The second-order valence-electron chi connectivity index (χ2n) is 6.43. The lowest BCUT2D eigenvalue weighted by Crippen LogP contribution is -2.27. The molecule has 0 aliphatic rings. The smallest absolute Gasteiger partial charge is 0.261 e. The van der Waals surface area contributed by atoms with Crippen molar-refractivity contribution in [1.82, 2.24) is 24.9 Å². The Hall–Kier alpha value is -2.93. The summed E-state index contributed by atoms with van der Waals surface area (Å²) in [6.07, 6.45) is 1.76. The molecule has 0 saturated carbocycles. The molecule has 1 amide bonds. The van der Waals surface area contributed by atoms with E-state index >= 15 is 0 Å². The van der Waals surface area contributed by atoms with Crippen LogP contribution >= 0.6 is 11.3 Å². The van der Waals surface area contributed by atoms with Gasteiger partial charge in [0.25, 0.3) is 5.91 Å². The van der Waals surface area contributed by atoms with E-state index in [-0.39, 0.29) is 11.9 Å². The quantitative estimate of drug-likeness (QED) is 0.568. The third kappa shape index (κ3) is 3.14. The van der Waals surface area contributed by atoms with Gasteiger partial charge in [-0.1, -0.05) is 18.2 Å². The molecule has 0 radical (unpaired) electrons. The molecule has 3 heterocycles. The highest BCUT2D eigenvalue weighted by molar-refractivity contribution is 7.20. The summed E-state index contributed by atoms with van der Waals surface area (Å²) in [6.45, 7) is 6.76. The van der Waals surface area contributed by atoms with Crippen LogP contribution in [0.4, 0.5) is 0 Å². The van der Waals surface area contributed by atoms with E-state index in [9.17, 15) is 4.79 Å². The van der Waals surface area contributed by atoms with E-state index in [1.807, 2.05) is 72.6 Å². The van der Waals surface area contributed by atoms with Gasteiger partial charge in [0.05, 0.1) is 28.0 Å². The summed E-state index contributed by atoms with van der Waals surface area (Å²) in [7, 11) is 0. The molecule has 3 aromatic heterocycles. The summed E-state index contributed by atoms with van der Waals surface area (Å²) in [5, 5.41) is 13.0. The fourth-order valence-corrected chi connectivity index (χ4v) is 4.31. The first kappa shape index (κ1) is 17.5. The number of nitrogens with one attached hydrogen (secondary N) is 1. The van der Waals surface area contributed by atoms with Gasteiger partial charge in [-0.15, -0.1) is 11.3 Å². The van der Waals surface area contributed by atoms with Gasteiger partial charge < -0.3 is 5.32 Å². The number of aromatic nitrogens is 4. The Morgan fingerprint density at radius 3 is 2.78 bits per heavy atom. The highest BCUT2D eigenvalue weighted by atomic mass is 32.1. The maximum absolute atomic E-state index is 12.8. The van der Waals surface area contributed by atoms with Crippen LogP contribution in [0.2, 0.25) is 0 Å². The number of aryl methyl sites for hydroxylation is 2. The van der Waals surface area contributed by atoms with Crippen molar-refractivity contribution in [2.75, 3.05) is 0 Å². The van der Waals surface area contributed by atoms with Crippen molar-refractivity contribution in [3.05, 3.63) is 64.9 Å². The number of benzene rings is 1. The van der Waals surface area contributed by atoms with Crippen LogP contribution in [0.3, 0.4) is 0 Å². The van der Waals surface area contributed by atoms with Crippen LogP contribution in [0.25, 0.3) is 15.9 Å². The normalized spacial score (nSPS) is 12.4. The molecule has 0 bridgehead atoms. The lowest BCUT2D eigenvalue weighted by Gasteiger charge is -2.14. The Kier molecular flexibility index (Phi) is 4.53. The summed E-state index contributed by atoms with van der Waals surface area (Å²) >= 11 is 1.46. The summed E-state index contributed by atoms with van der Waals surface area (Å²) in [6, 6.07) is 13.7. The fourth-order valence-electron chi connectivity index (χ4n) is 3.22. The van der Waals surface area contributed by atoms with Gasteiger partial charge in [0.1, 0.15) is 4.83 Å². The first-order chi connectivity index (χ1) is 13.1. The average Bonchev–Trinajstić information content (AvgIpc) is 3.38. The number of fused-ring (bicyclic) bond motifs is 1. The van der Waals surface area contributed by atoms with Crippen molar-refractivity contribution < 1.29 is 4.79 Å². The molecule has 138 valence electrons. The molecular formula is C20H21N5OS. The minimum Gasteiger partial charge on any atom is -0.343 e. The van der Waals surface area contributed by atoms with Crippen LogP contribution in [0.15, 0.2) is 48.7 Å². The zero-order chi connectivity index (χ0) is 19.0. The third-order valence-electron chi connectivity index (χ3n) is 4.61. The summed E-state index contributed by atoms with van der Waals surface area (Å²) in [4.78, 5) is 14.5. The molecule has 27 heavy (non-hydrogen) atoms. The maximum atomic E-state index is 12.8. The van der Waals surface area contributed by atoms with Crippen molar-refractivity contribution in [2.45, 2.75) is 33.4 Å². The average molecular weight is 379 g/mol. The maximum Gasteiger partial charge on any atom is 0.261 e. The third-order valence-corrected chi connectivity index (χ3v) is 5.72. The van der Waals surface area contributed by atoms with Crippen molar-refractivity contribution >= 4 is 27.5 Å². The largest absolute Gasteiger partial charge is 0.343 e. The molecule has 6 nitrogen and oxygen atoms in total. The van der Waals surface area contributed by atoms with E-state index in [0.29, 0.717) is 4.88 Å². The second kappa shape index (κ2) is 7.00. The van der Waals surface area contributed by atoms with Gasteiger partial charge in [0, 0.05) is 18.1 Å². The predicted molar refractivity (Wildman–Crippen MR) is 107 cm³/mol. The van der Waals surface area contributed by atoms with Crippen LogP contribution in [0.5, 0.6) is 0 Å². The second-order valence-corrected chi connectivity index (χ2v) is 7.46. The molecule has 0 aliphatic heterocycles. The van der Waals surface area contributed by atoms with Gasteiger partial charge in [-0.3, -0.25) is 9.48 Å². The van der Waals surface area contributed by atoms with Crippen LogP contribution in [0.1, 0.15) is 40.9 Å². The number of rotatable bonds is 5. The van der Waals surface area contributed by atoms with Crippen molar-refractivity contribution in [3.63, 3.8) is 0 Å². The summed E-state index contributed by atoms with van der Waals surface area (Å²) < 4.78 is 3.80. The Labute approximate surface area is 161 Å². The monoisotopic (exact) mass is 379 g/mol. The van der Waals surface area contributed by atoms with Crippen molar-refractivity contribution in [3.8, 4) is 5.69 Å². The van der Waals surface area contributed by atoms with Gasteiger partial charge in [-0.2, -0.15) is 10.2 Å². The molecule has 1 aromatic carbocycles. The minimum atomic E-state index is -0.114. The van der Waals surface area contributed by atoms with Crippen LogP contribution in [-0.4, -0.2) is 25.5 Å². The highest BCUT2D eigenvalue weighted by Crippen LogP contribution is 2.30. The first-order valence-electron chi connectivity index (χ1n) is 8.95. The zero-order valence-corrected chi connectivity index (χ0v) is 16.3. The number of hydrogen-bond donors (Lipinski definition) is 1. The van der Waals surface area contributed by atoms with Crippen LogP contribution < -0.4 is 5.32 Å². The van der Waals surface area contributed by atoms with Gasteiger partial charge in [0.15, 0.2) is 0 Å². The zero-order valence-electron chi connectivity index (χ0n) is 15.5. The molecule has 1 atom stereocenters. The lowest BCUT2D eigenvalue weighted by molar-refractivity contribution is 0.0942. The summed E-state index contributed by atoms with van der Waals surface area (Å²) in [5.74, 6) is -0.0773. The number of carbonyl (C=O) groups excluding carboxylic acids is 1. The topological polar surface area (TPSA) is 64.7 Å². The van der Waals surface area contributed by atoms with Crippen molar-refractivity contribution in [1.29, 1.82) is 0 Å². The Morgan fingerprint density at radius 2 is 2.04 bits per heavy atom. The Morgan fingerprint density at radius 1 is 1.26 bits per heavy atom. The molecule has 0 aliphatic carbocycles. The van der Waals surface area contributed by atoms with Crippen LogP contribution in [0, 0.1) is 6.92 Å². The first-order valence-corrected chi connectivity index (χ1v) is 9.77. The van der Waals surface area contributed by atoms with E-state index in [4.69, 9.17) is 0 Å². The number of carbonyl (C=O) groups is 1. The summed E-state index contributed by atoms with van der Waals surface area (Å²) in [5.41, 5.74) is 2.91. The van der Waals surface area contributed by atoms with E-state index in [1.54, 1.807) is 6.20 Å². The SMILES string of the molecule is CCn1nccc1C(C)NC(=O)c1cc2c(C)nn(-c3ccccc3)c2s1. The predicted octanol–water partition coefficient (Wildman–Crippen LogP) is 4.10. The van der Waals surface area contributed by atoms with Gasteiger partial charge in [0.2, 0.25) is 0 Å². The Balaban J connectivity index is 1.63. The lowest BCUT2D eigenvalue weighted by atomic mass is 10.2. The number of hydrogen-bond acceptors (Lipinski definition) is 4. The number of para-hydroxylation sites is 1. The molecule has 1 N–H and O–H groups in total. The standard InChI is InChI=1S/C20H21N5OS/c1-4-24-17(10-11-21-24)14(3)22-19(26)18-12-16-13(2)23-25(20(16)27-18)15-8-6-5-7-9-15/h5-12,14H,4H2,1-3H3,(H,22,26). The molecule has 4 aromatic rings. The highest BCUT2D eigenvalue weighted by Gasteiger charge is 2.19. The van der Waals surface area contributed by atoms with E-state index < -0.39 is 0 Å². The molecular weight excluding hydrogens is 358 g/mol. The molecule has 0 fully saturated rings. The minimum absolute atomic E-state index is 0.0773. The molecule has 7 heteroatoms. The van der Waals surface area contributed by atoms with Gasteiger partial charge in [-0.05, 0) is 45.0 Å². The van der Waals surface area contributed by atoms with Gasteiger partial charge in [-0.25, -0.2) is 4.68 Å². The van der Waals surface area contributed by atoms with E-state index in [2.05, 4.69) is 15.5 Å². The molecule has 0 spiro atoms. The number of amides is 1. The fraction of sp³-hybridized carbons (Fsp3) is 0.250. The molecule has 4 rings (SSSR count). The number of nitrogens with zero attached hydrogens (tertiary/aromatic N) is 4. The molecule has 1 unspecified atom stereocenters. The van der Waals surface area contributed by atoms with Crippen molar-refractivity contribution in [2.24, 2.45) is 0 Å². The van der Waals surface area contributed by atoms with Crippen LogP contribution in [-0.2, 0) is 6.54 Å². The van der Waals surface area contributed by atoms with E-state index in [1.165, 1.54) is 11.3 Å².